The van der Waals surface area contributed by atoms with E-state index in [9.17, 15) is 13.2 Å². The van der Waals surface area contributed by atoms with Crippen molar-refractivity contribution in [3.63, 3.8) is 0 Å². The Morgan fingerprint density at radius 1 is 1.29 bits per heavy atom. The standard InChI is InChI=1S/C9H14O4S/c1-14(11,12)13-9-7-5-3-2-4-6(7)8(9)10/h6-7,9H,2-5H2,1H3. The number of Topliss-reactive ketones (excluding diaryl/α,β-unsaturated/α-hetero) is 1. The Hall–Kier alpha value is -0.420. The Labute approximate surface area is 83.8 Å². The van der Waals surface area contributed by atoms with Crippen molar-refractivity contribution >= 4 is 15.9 Å². The summed E-state index contributed by atoms with van der Waals surface area (Å²) in [4.78, 5) is 11.5. The molecule has 2 aliphatic carbocycles. The van der Waals surface area contributed by atoms with Crippen molar-refractivity contribution in [2.75, 3.05) is 6.26 Å². The van der Waals surface area contributed by atoms with Crippen molar-refractivity contribution in [3.05, 3.63) is 0 Å². The van der Waals surface area contributed by atoms with Gasteiger partial charge in [-0.05, 0) is 12.8 Å². The van der Waals surface area contributed by atoms with Crippen molar-refractivity contribution in [2.45, 2.75) is 31.8 Å². The zero-order valence-electron chi connectivity index (χ0n) is 8.10. The monoisotopic (exact) mass is 218 g/mol. The maximum atomic E-state index is 11.5. The van der Waals surface area contributed by atoms with Crippen LogP contribution in [0.1, 0.15) is 25.7 Å². The van der Waals surface area contributed by atoms with Crippen LogP contribution in [-0.2, 0) is 19.1 Å². The molecule has 14 heavy (non-hydrogen) atoms. The first-order valence-corrected chi connectivity index (χ1v) is 6.73. The van der Waals surface area contributed by atoms with E-state index in [2.05, 4.69) is 0 Å². The van der Waals surface area contributed by atoms with Crippen LogP contribution in [-0.4, -0.2) is 26.6 Å². The van der Waals surface area contributed by atoms with Crippen molar-refractivity contribution in [1.29, 1.82) is 0 Å². The van der Waals surface area contributed by atoms with E-state index in [1.54, 1.807) is 0 Å². The van der Waals surface area contributed by atoms with Crippen LogP contribution in [0.2, 0.25) is 0 Å². The maximum absolute atomic E-state index is 11.5. The van der Waals surface area contributed by atoms with Gasteiger partial charge in [0, 0.05) is 11.8 Å². The maximum Gasteiger partial charge on any atom is 0.265 e. The summed E-state index contributed by atoms with van der Waals surface area (Å²) in [6.45, 7) is 0. The minimum Gasteiger partial charge on any atom is -0.296 e. The lowest BCUT2D eigenvalue weighted by Gasteiger charge is -2.44. The van der Waals surface area contributed by atoms with Crippen LogP contribution < -0.4 is 0 Å². The van der Waals surface area contributed by atoms with Gasteiger partial charge in [0.2, 0.25) is 0 Å². The van der Waals surface area contributed by atoms with Gasteiger partial charge in [-0.1, -0.05) is 12.8 Å². The first kappa shape index (κ1) is 10.1. The van der Waals surface area contributed by atoms with E-state index in [0.29, 0.717) is 0 Å². The van der Waals surface area contributed by atoms with Crippen LogP contribution in [0.25, 0.3) is 0 Å². The quantitative estimate of drug-likeness (QED) is 0.641. The van der Waals surface area contributed by atoms with Gasteiger partial charge in [-0.3, -0.25) is 8.98 Å². The van der Waals surface area contributed by atoms with Gasteiger partial charge in [0.05, 0.1) is 6.26 Å². The van der Waals surface area contributed by atoms with Crippen molar-refractivity contribution in [1.82, 2.24) is 0 Å². The van der Waals surface area contributed by atoms with E-state index in [0.717, 1.165) is 31.9 Å². The third kappa shape index (κ3) is 1.70. The molecule has 0 aromatic heterocycles. The summed E-state index contributed by atoms with van der Waals surface area (Å²) in [5.41, 5.74) is 0. The number of rotatable bonds is 2. The first-order valence-electron chi connectivity index (χ1n) is 4.91. The summed E-state index contributed by atoms with van der Waals surface area (Å²) in [6.07, 6.45) is 4.33. The van der Waals surface area contributed by atoms with E-state index >= 15 is 0 Å². The average molecular weight is 218 g/mol. The SMILES string of the molecule is CS(=O)(=O)OC1C(=O)C2CCCCC21. The number of hydrogen-bond donors (Lipinski definition) is 0. The van der Waals surface area contributed by atoms with Gasteiger partial charge in [0.15, 0.2) is 5.78 Å². The predicted octanol–water partition coefficient (Wildman–Crippen LogP) is 0.720. The third-order valence-corrected chi connectivity index (χ3v) is 3.69. The normalized spacial score (nSPS) is 37.5. The minimum atomic E-state index is -3.49. The molecule has 0 spiro atoms. The second-order valence-electron chi connectivity index (χ2n) is 4.18. The lowest BCUT2D eigenvalue weighted by molar-refractivity contribution is -0.152. The van der Waals surface area contributed by atoms with E-state index < -0.39 is 16.2 Å². The average Bonchev–Trinajstić information content (AvgIpc) is 2.13. The first-order chi connectivity index (χ1) is 6.49. The molecule has 3 atom stereocenters. The Morgan fingerprint density at radius 3 is 2.57 bits per heavy atom. The lowest BCUT2D eigenvalue weighted by atomic mass is 9.62. The van der Waals surface area contributed by atoms with Gasteiger partial charge >= 0.3 is 0 Å². The van der Waals surface area contributed by atoms with Crippen LogP contribution in [0, 0.1) is 11.8 Å². The summed E-state index contributed by atoms with van der Waals surface area (Å²) in [5.74, 6) is 0.224. The van der Waals surface area contributed by atoms with Crippen LogP contribution in [0.3, 0.4) is 0 Å². The van der Waals surface area contributed by atoms with Gasteiger partial charge in [0.1, 0.15) is 6.10 Å². The zero-order valence-corrected chi connectivity index (χ0v) is 8.92. The highest BCUT2D eigenvalue weighted by Gasteiger charge is 2.52. The molecule has 2 fully saturated rings. The summed E-state index contributed by atoms with van der Waals surface area (Å²) in [6, 6.07) is 0. The Balaban J connectivity index is 2.05. The number of carbonyl (C=O) groups is 1. The third-order valence-electron chi connectivity index (χ3n) is 3.13. The van der Waals surface area contributed by atoms with Crippen molar-refractivity contribution < 1.29 is 17.4 Å². The number of carbonyl (C=O) groups excluding carboxylic acids is 1. The molecule has 2 rings (SSSR count). The molecule has 0 aromatic rings. The highest BCUT2D eigenvalue weighted by Crippen LogP contribution is 2.44. The summed E-state index contributed by atoms with van der Waals surface area (Å²) in [7, 11) is -3.49. The molecular formula is C9H14O4S. The molecule has 0 amide bonds. The van der Waals surface area contributed by atoms with Gasteiger partial charge in [-0.25, -0.2) is 0 Å². The molecule has 2 aliphatic rings. The lowest BCUT2D eigenvalue weighted by Crippen LogP contribution is -2.55. The zero-order chi connectivity index (χ0) is 10.3. The second-order valence-corrected chi connectivity index (χ2v) is 5.78. The Morgan fingerprint density at radius 2 is 1.93 bits per heavy atom. The summed E-state index contributed by atoms with van der Waals surface area (Å²) in [5, 5.41) is 0. The van der Waals surface area contributed by atoms with E-state index in [-0.39, 0.29) is 17.6 Å². The molecule has 0 radical (unpaired) electrons. The highest BCUT2D eigenvalue weighted by molar-refractivity contribution is 7.86. The van der Waals surface area contributed by atoms with E-state index in [1.165, 1.54) is 0 Å². The molecule has 0 aliphatic heterocycles. The fourth-order valence-electron chi connectivity index (χ4n) is 2.49. The largest absolute Gasteiger partial charge is 0.296 e. The highest BCUT2D eigenvalue weighted by atomic mass is 32.2. The molecule has 0 aromatic carbocycles. The summed E-state index contributed by atoms with van der Waals surface area (Å²) >= 11 is 0. The molecule has 0 N–H and O–H groups in total. The van der Waals surface area contributed by atoms with Gasteiger partial charge < -0.3 is 0 Å². The van der Waals surface area contributed by atoms with Crippen LogP contribution >= 0.6 is 0 Å². The van der Waals surface area contributed by atoms with Crippen LogP contribution in [0.5, 0.6) is 0 Å². The fraction of sp³-hybridized carbons (Fsp3) is 0.889. The molecule has 4 nitrogen and oxygen atoms in total. The number of fused-ring (bicyclic) bond motifs is 1. The smallest absolute Gasteiger partial charge is 0.265 e. The van der Waals surface area contributed by atoms with Crippen LogP contribution in [0.15, 0.2) is 0 Å². The van der Waals surface area contributed by atoms with E-state index in [4.69, 9.17) is 4.18 Å². The van der Waals surface area contributed by atoms with Crippen molar-refractivity contribution in [2.24, 2.45) is 11.8 Å². The van der Waals surface area contributed by atoms with Crippen molar-refractivity contribution in [3.8, 4) is 0 Å². The van der Waals surface area contributed by atoms with E-state index in [1.807, 2.05) is 0 Å². The Kier molecular flexibility index (Phi) is 2.39. The molecule has 0 saturated heterocycles. The predicted molar refractivity (Wildman–Crippen MR) is 50.2 cm³/mol. The molecule has 0 heterocycles. The molecule has 5 heteroatoms. The minimum absolute atomic E-state index is 0.0138. The number of hydrogen-bond acceptors (Lipinski definition) is 4. The Bertz CT molecular complexity index is 346. The van der Waals surface area contributed by atoms with Gasteiger partial charge in [-0.15, -0.1) is 0 Å². The molecule has 3 unspecified atom stereocenters. The molecule has 0 bridgehead atoms. The topological polar surface area (TPSA) is 60.4 Å². The number of ketones is 1. The van der Waals surface area contributed by atoms with Gasteiger partial charge in [0.25, 0.3) is 10.1 Å². The summed E-state index contributed by atoms with van der Waals surface area (Å²) < 4.78 is 26.5. The molecule has 2 saturated carbocycles. The van der Waals surface area contributed by atoms with Crippen LogP contribution in [0.4, 0.5) is 0 Å². The second kappa shape index (κ2) is 3.31. The molecule has 80 valence electrons. The fourth-order valence-corrected chi connectivity index (χ4v) is 3.10. The molecular weight excluding hydrogens is 204 g/mol. The van der Waals surface area contributed by atoms with Gasteiger partial charge in [-0.2, -0.15) is 8.42 Å².